The summed E-state index contributed by atoms with van der Waals surface area (Å²) in [7, 11) is -3.64. The number of hydrogen-bond acceptors (Lipinski definition) is 5. The van der Waals surface area contributed by atoms with E-state index in [1.807, 2.05) is 36.4 Å². The Morgan fingerprint density at radius 1 is 1.03 bits per heavy atom. The zero-order valence-corrected chi connectivity index (χ0v) is 18.2. The molecule has 0 unspecified atom stereocenters. The summed E-state index contributed by atoms with van der Waals surface area (Å²) >= 11 is 0. The van der Waals surface area contributed by atoms with Crippen molar-refractivity contribution in [1.82, 2.24) is 4.72 Å². The molecule has 1 saturated heterocycles. The van der Waals surface area contributed by atoms with E-state index >= 15 is 0 Å². The summed E-state index contributed by atoms with van der Waals surface area (Å²) in [5.74, 6) is 0.0910. The Labute approximate surface area is 178 Å². The Morgan fingerprint density at radius 3 is 2.27 bits per heavy atom. The number of rotatable bonds is 8. The fourth-order valence-electron chi connectivity index (χ4n) is 3.21. The highest BCUT2D eigenvalue weighted by Crippen LogP contribution is 2.19. The lowest BCUT2D eigenvalue weighted by Gasteiger charge is -2.28. The monoisotopic (exact) mass is 431 g/mol. The number of benzene rings is 2. The number of ether oxygens (including phenoxy) is 1. The van der Waals surface area contributed by atoms with E-state index in [-0.39, 0.29) is 23.8 Å². The second kappa shape index (κ2) is 10.1. The fourth-order valence-corrected chi connectivity index (χ4v) is 4.25. The average Bonchev–Trinajstić information content (AvgIpc) is 2.75. The van der Waals surface area contributed by atoms with Gasteiger partial charge < -0.3 is 15.0 Å². The lowest BCUT2D eigenvalue weighted by Crippen LogP contribution is -2.36. The highest BCUT2D eigenvalue weighted by Gasteiger charge is 2.15. The van der Waals surface area contributed by atoms with Crippen LogP contribution in [0.15, 0.2) is 53.4 Å². The lowest BCUT2D eigenvalue weighted by atomic mass is 10.0. The normalized spacial score (nSPS) is 14.7. The molecule has 1 amide bonds. The summed E-state index contributed by atoms with van der Waals surface area (Å²) in [6.45, 7) is 7.28. The minimum atomic E-state index is -3.64. The first-order chi connectivity index (χ1) is 14.3. The van der Waals surface area contributed by atoms with Crippen molar-refractivity contribution in [2.24, 2.45) is 0 Å². The number of anilines is 2. The van der Waals surface area contributed by atoms with Crippen LogP contribution in [-0.2, 0) is 19.6 Å². The maximum Gasteiger partial charge on any atom is 0.240 e. The number of sulfonamides is 1. The van der Waals surface area contributed by atoms with Gasteiger partial charge in [0.25, 0.3) is 0 Å². The molecule has 2 aromatic rings. The van der Waals surface area contributed by atoms with Crippen molar-refractivity contribution in [3.63, 3.8) is 0 Å². The molecule has 0 saturated carbocycles. The molecule has 8 heteroatoms. The van der Waals surface area contributed by atoms with Gasteiger partial charge >= 0.3 is 0 Å². The highest BCUT2D eigenvalue weighted by molar-refractivity contribution is 7.89. The van der Waals surface area contributed by atoms with Crippen LogP contribution < -0.4 is 14.9 Å². The van der Waals surface area contributed by atoms with Gasteiger partial charge in [0.1, 0.15) is 0 Å². The first kappa shape index (κ1) is 22.3. The maximum atomic E-state index is 12.4. The van der Waals surface area contributed by atoms with Crippen molar-refractivity contribution in [1.29, 1.82) is 0 Å². The molecule has 1 aliphatic heterocycles. The van der Waals surface area contributed by atoms with Gasteiger partial charge in [-0.1, -0.05) is 26.0 Å². The third-order valence-electron chi connectivity index (χ3n) is 5.03. The molecular formula is C22H29N3O4S. The number of carbonyl (C=O) groups excluding carboxylic acids is 1. The van der Waals surface area contributed by atoms with Crippen molar-refractivity contribution in [2.45, 2.75) is 31.1 Å². The number of carbonyl (C=O) groups is 1. The van der Waals surface area contributed by atoms with E-state index in [1.54, 1.807) is 12.1 Å². The average molecular weight is 432 g/mol. The second-order valence-electron chi connectivity index (χ2n) is 7.57. The summed E-state index contributed by atoms with van der Waals surface area (Å²) in [5, 5.41) is 2.80. The van der Waals surface area contributed by atoms with Crippen LogP contribution in [0.3, 0.4) is 0 Å². The molecular weight excluding hydrogens is 402 g/mol. The van der Waals surface area contributed by atoms with Crippen LogP contribution in [0.2, 0.25) is 0 Å². The van der Waals surface area contributed by atoms with Gasteiger partial charge in [0.2, 0.25) is 15.9 Å². The minimum absolute atomic E-state index is 0.0337. The number of nitrogens with one attached hydrogen (secondary N) is 2. The topological polar surface area (TPSA) is 87.7 Å². The van der Waals surface area contributed by atoms with Gasteiger partial charge in [-0.3, -0.25) is 4.79 Å². The van der Waals surface area contributed by atoms with Crippen molar-refractivity contribution in [3.05, 3.63) is 54.1 Å². The van der Waals surface area contributed by atoms with Crippen molar-refractivity contribution < 1.29 is 17.9 Å². The Kier molecular flexibility index (Phi) is 7.47. The Hall–Kier alpha value is -2.42. The first-order valence-corrected chi connectivity index (χ1v) is 11.7. The number of nitrogens with zero attached hydrogens (tertiary/aromatic N) is 1. The van der Waals surface area contributed by atoms with Crippen LogP contribution in [-0.4, -0.2) is 47.2 Å². The third kappa shape index (κ3) is 6.04. The molecule has 2 N–H and O–H groups in total. The summed E-state index contributed by atoms with van der Waals surface area (Å²) < 4.78 is 32.6. The van der Waals surface area contributed by atoms with Gasteiger partial charge in [-0.25, -0.2) is 13.1 Å². The van der Waals surface area contributed by atoms with Crippen LogP contribution >= 0.6 is 0 Å². The van der Waals surface area contributed by atoms with Gasteiger partial charge in [0.15, 0.2) is 0 Å². The van der Waals surface area contributed by atoms with Gasteiger partial charge in [-0.05, 0) is 47.9 Å². The van der Waals surface area contributed by atoms with E-state index in [0.717, 1.165) is 37.6 Å². The van der Waals surface area contributed by atoms with Crippen LogP contribution in [0.25, 0.3) is 0 Å². The smallest absolute Gasteiger partial charge is 0.240 e. The standard InChI is InChI=1S/C22H29N3O4S/c1-17(2)18-3-9-21(10-4-18)30(27,28)23-12-11-22(26)24-19-5-7-20(8-6-19)25-13-15-29-16-14-25/h3-10,17,23H,11-16H2,1-2H3,(H,24,26). The molecule has 0 spiro atoms. The van der Waals surface area contributed by atoms with Gasteiger partial charge in [-0.2, -0.15) is 0 Å². The maximum absolute atomic E-state index is 12.4. The molecule has 0 bridgehead atoms. The SMILES string of the molecule is CC(C)c1ccc(S(=O)(=O)NCCC(=O)Nc2ccc(N3CCOCC3)cc2)cc1. The minimum Gasteiger partial charge on any atom is -0.378 e. The highest BCUT2D eigenvalue weighted by atomic mass is 32.2. The van der Waals surface area contributed by atoms with E-state index < -0.39 is 10.0 Å². The predicted molar refractivity (Wildman–Crippen MR) is 118 cm³/mol. The van der Waals surface area contributed by atoms with Crippen molar-refractivity contribution >= 4 is 27.3 Å². The fraction of sp³-hybridized carbons (Fsp3) is 0.409. The summed E-state index contributed by atoms with van der Waals surface area (Å²) in [6.07, 6.45) is 0.0501. The lowest BCUT2D eigenvalue weighted by molar-refractivity contribution is -0.116. The van der Waals surface area contributed by atoms with Gasteiger partial charge in [0, 0.05) is 37.4 Å². The largest absolute Gasteiger partial charge is 0.378 e. The van der Waals surface area contributed by atoms with E-state index in [2.05, 4.69) is 28.8 Å². The van der Waals surface area contributed by atoms with Crippen molar-refractivity contribution in [3.8, 4) is 0 Å². The number of morpholine rings is 1. The second-order valence-corrected chi connectivity index (χ2v) is 9.33. The molecule has 3 rings (SSSR count). The quantitative estimate of drug-likeness (QED) is 0.671. The van der Waals surface area contributed by atoms with Crippen molar-refractivity contribution in [2.75, 3.05) is 43.1 Å². The van der Waals surface area contributed by atoms with E-state index in [4.69, 9.17) is 4.74 Å². The van der Waals surface area contributed by atoms with Crippen LogP contribution in [0.1, 0.15) is 31.7 Å². The van der Waals surface area contributed by atoms with E-state index in [9.17, 15) is 13.2 Å². The summed E-state index contributed by atoms with van der Waals surface area (Å²) in [6, 6.07) is 14.4. The first-order valence-electron chi connectivity index (χ1n) is 10.2. The predicted octanol–water partition coefficient (Wildman–Crippen LogP) is 2.95. The molecule has 0 aromatic heterocycles. The Morgan fingerprint density at radius 2 is 1.67 bits per heavy atom. The van der Waals surface area contributed by atoms with Crippen LogP contribution in [0.4, 0.5) is 11.4 Å². The Balaban J connectivity index is 1.47. The van der Waals surface area contributed by atoms with Gasteiger partial charge in [-0.15, -0.1) is 0 Å². The number of hydrogen-bond donors (Lipinski definition) is 2. The van der Waals surface area contributed by atoms with Crippen LogP contribution in [0.5, 0.6) is 0 Å². The molecule has 162 valence electrons. The molecule has 1 aliphatic rings. The van der Waals surface area contributed by atoms with E-state index in [0.29, 0.717) is 11.6 Å². The summed E-state index contributed by atoms with van der Waals surface area (Å²) in [4.78, 5) is 14.6. The molecule has 1 heterocycles. The molecule has 1 fully saturated rings. The van der Waals surface area contributed by atoms with Gasteiger partial charge in [0.05, 0.1) is 18.1 Å². The molecule has 7 nitrogen and oxygen atoms in total. The number of amides is 1. The third-order valence-corrected chi connectivity index (χ3v) is 6.51. The molecule has 2 aromatic carbocycles. The molecule has 0 atom stereocenters. The van der Waals surface area contributed by atoms with Crippen LogP contribution in [0, 0.1) is 0 Å². The zero-order valence-electron chi connectivity index (χ0n) is 17.4. The molecule has 30 heavy (non-hydrogen) atoms. The molecule has 0 aliphatic carbocycles. The Bertz CT molecular complexity index is 935. The molecule has 0 radical (unpaired) electrons. The zero-order chi connectivity index (χ0) is 21.6. The van der Waals surface area contributed by atoms with E-state index in [1.165, 1.54) is 0 Å². The summed E-state index contributed by atoms with van der Waals surface area (Å²) in [5.41, 5.74) is 2.85.